The van der Waals surface area contributed by atoms with Crippen molar-refractivity contribution in [2.24, 2.45) is 0 Å². The highest BCUT2D eigenvalue weighted by molar-refractivity contribution is 5.92. The number of amides is 1. The maximum Gasteiger partial charge on any atom is 0.238 e. The molecule has 0 saturated carbocycles. The molecule has 0 bridgehead atoms. The van der Waals surface area contributed by atoms with Crippen LogP contribution < -0.4 is 10.6 Å². The summed E-state index contributed by atoms with van der Waals surface area (Å²) in [6, 6.07) is 7.77. The molecule has 0 fully saturated rings. The maximum atomic E-state index is 11.6. The van der Waals surface area contributed by atoms with Crippen molar-refractivity contribution in [3.8, 4) is 11.4 Å². The van der Waals surface area contributed by atoms with Crippen molar-refractivity contribution in [2.75, 3.05) is 18.9 Å². The molecule has 116 valence electrons. The van der Waals surface area contributed by atoms with Crippen LogP contribution in [0.25, 0.3) is 11.4 Å². The molecule has 6 nitrogen and oxygen atoms in total. The molecule has 2 N–H and O–H groups in total. The minimum atomic E-state index is -0.0494. The molecule has 6 heteroatoms. The lowest BCUT2D eigenvalue weighted by molar-refractivity contribution is -0.115. The van der Waals surface area contributed by atoms with Crippen LogP contribution in [0.4, 0.5) is 5.69 Å². The number of fused-ring (bicyclic) bond motifs is 1. The molecule has 0 atom stereocenters. The van der Waals surface area contributed by atoms with E-state index in [1.165, 1.54) is 19.3 Å². The Morgan fingerprint density at radius 1 is 1.18 bits per heavy atom. The molecule has 0 radical (unpaired) electrons. The Balaban J connectivity index is 1.78. The average Bonchev–Trinajstić information content (AvgIpc) is 2.77. The summed E-state index contributed by atoms with van der Waals surface area (Å²) in [4.78, 5) is 11.6. The molecule has 1 aromatic carbocycles. The lowest BCUT2D eigenvalue weighted by Gasteiger charge is -2.08. The lowest BCUT2D eigenvalue weighted by atomic mass is 10.2. The second-order valence-electron chi connectivity index (χ2n) is 5.56. The fourth-order valence-corrected chi connectivity index (χ4v) is 2.77. The third-order valence-corrected chi connectivity index (χ3v) is 3.87. The zero-order valence-corrected chi connectivity index (χ0v) is 12.8. The van der Waals surface area contributed by atoms with Gasteiger partial charge in [0.2, 0.25) is 5.91 Å². The van der Waals surface area contributed by atoms with E-state index in [2.05, 4.69) is 25.4 Å². The highest BCUT2D eigenvalue weighted by Gasteiger charge is 2.15. The van der Waals surface area contributed by atoms with E-state index < -0.39 is 0 Å². The van der Waals surface area contributed by atoms with Crippen LogP contribution in [-0.2, 0) is 17.8 Å². The van der Waals surface area contributed by atoms with Gasteiger partial charge in [0, 0.05) is 24.2 Å². The predicted molar refractivity (Wildman–Crippen MR) is 85.6 cm³/mol. The summed E-state index contributed by atoms with van der Waals surface area (Å²) in [6.45, 7) is 1.29. The van der Waals surface area contributed by atoms with E-state index in [4.69, 9.17) is 0 Å². The molecule has 0 spiro atoms. The molecule has 22 heavy (non-hydrogen) atoms. The van der Waals surface area contributed by atoms with Gasteiger partial charge in [-0.15, -0.1) is 10.2 Å². The number of hydrogen-bond donors (Lipinski definition) is 2. The summed E-state index contributed by atoms with van der Waals surface area (Å²) < 4.78 is 2.22. The number of aromatic nitrogens is 3. The second kappa shape index (κ2) is 6.70. The van der Waals surface area contributed by atoms with Crippen molar-refractivity contribution in [1.82, 2.24) is 20.1 Å². The summed E-state index contributed by atoms with van der Waals surface area (Å²) in [6.07, 6.45) is 4.62. The number of rotatable bonds is 4. The number of hydrogen-bond acceptors (Lipinski definition) is 4. The van der Waals surface area contributed by atoms with Crippen LogP contribution >= 0.6 is 0 Å². The van der Waals surface area contributed by atoms with Crippen LogP contribution in [0.1, 0.15) is 25.1 Å². The number of carbonyl (C=O) groups is 1. The molecule has 0 saturated heterocycles. The number of likely N-dealkylation sites (N-methyl/N-ethyl adjacent to an activating group) is 1. The highest BCUT2D eigenvalue weighted by atomic mass is 16.1. The van der Waals surface area contributed by atoms with Crippen molar-refractivity contribution in [1.29, 1.82) is 0 Å². The van der Waals surface area contributed by atoms with Crippen molar-refractivity contribution < 1.29 is 4.79 Å². The van der Waals surface area contributed by atoms with E-state index in [1.54, 1.807) is 7.05 Å². The number of nitrogens with one attached hydrogen (secondary N) is 2. The average molecular weight is 299 g/mol. The molecule has 2 aromatic rings. The van der Waals surface area contributed by atoms with E-state index in [9.17, 15) is 4.79 Å². The first kappa shape index (κ1) is 14.7. The normalized spacial score (nSPS) is 14.2. The zero-order chi connectivity index (χ0) is 15.4. The van der Waals surface area contributed by atoms with Crippen LogP contribution in [0.5, 0.6) is 0 Å². The number of aryl methyl sites for hydroxylation is 1. The lowest BCUT2D eigenvalue weighted by Crippen LogP contribution is -2.24. The van der Waals surface area contributed by atoms with Crippen LogP contribution in [0.2, 0.25) is 0 Å². The van der Waals surface area contributed by atoms with Gasteiger partial charge in [-0.3, -0.25) is 4.79 Å². The monoisotopic (exact) mass is 299 g/mol. The molecule has 1 aliphatic rings. The van der Waals surface area contributed by atoms with Crippen LogP contribution in [0.15, 0.2) is 24.3 Å². The summed E-state index contributed by atoms with van der Waals surface area (Å²) in [5.74, 6) is 1.95. The molecule has 0 aliphatic carbocycles. The van der Waals surface area contributed by atoms with E-state index in [1.807, 2.05) is 24.3 Å². The highest BCUT2D eigenvalue weighted by Crippen LogP contribution is 2.23. The largest absolute Gasteiger partial charge is 0.325 e. The topological polar surface area (TPSA) is 71.8 Å². The van der Waals surface area contributed by atoms with Gasteiger partial charge in [0.05, 0.1) is 6.54 Å². The Bertz CT molecular complexity index is 647. The standard InChI is InChI=1S/C16H21N5O/c1-17-11-15(22)18-13-8-6-12(7-9-13)16-20-19-14-5-3-2-4-10-21(14)16/h6-9,17H,2-5,10-11H2,1H3,(H,18,22). The summed E-state index contributed by atoms with van der Waals surface area (Å²) in [5.41, 5.74) is 1.83. The fraction of sp³-hybridized carbons (Fsp3) is 0.438. The molecule has 1 amide bonds. The first-order chi connectivity index (χ1) is 10.8. The van der Waals surface area contributed by atoms with Gasteiger partial charge in [0.25, 0.3) is 0 Å². The molecule has 3 rings (SSSR count). The Labute approximate surface area is 129 Å². The smallest absolute Gasteiger partial charge is 0.238 e. The molecular formula is C16H21N5O. The quantitative estimate of drug-likeness (QED) is 0.903. The van der Waals surface area contributed by atoms with E-state index in [0.29, 0.717) is 6.54 Å². The Hall–Kier alpha value is -2.21. The van der Waals surface area contributed by atoms with Crippen molar-refractivity contribution >= 4 is 11.6 Å². The third kappa shape index (κ3) is 3.17. The van der Waals surface area contributed by atoms with Gasteiger partial charge >= 0.3 is 0 Å². The van der Waals surface area contributed by atoms with Gasteiger partial charge in [-0.2, -0.15) is 0 Å². The van der Waals surface area contributed by atoms with E-state index in [-0.39, 0.29) is 5.91 Å². The van der Waals surface area contributed by atoms with E-state index >= 15 is 0 Å². The first-order valence-corrected chi connectivity index (χ1v) is 7.75. The predicted octanol–water partition coefficient (Wildman–Crippen LogP) is 1.83. The van der Waals surface area contributed by atoms with Crippen LogP contribution in [0.3, 0.4) is 0 Å². The van der Waals surface area contributed by atoms with Gasteiger partial charge in [-0.1, -0.05) is 6.42 Å². The van der Waals surface area contributed by atoms with E-state index in [0.717, 1.165) is 35.9 Å². The zero-order valence-electron chi connectivity index (χ0n) is 12.8. The fourth-order valence-electron chi connectivity index (χ4n) is 2.77. The molecule has 2 heterocycles. The van der Waals surface area contributed by atoms with Crippen molar-refractivity contribution in [3.63, 3.8) is 0 Å². The Morgan fingerprint density at radius 3 is 2.77 bits per heavy atom. The SMILES string of the molecule is CNCC(=O)Nc1ccc(-c2nnc3n2CCCCC3)cc1. The molecule has 0 unspecified atom stereocenters. The van der Waals surface area contributed by atoms with Crippen LogP contribution in [-0.4, -0.2) is 34.3 Å². The minimum Gasteiger partial charge on any atom is -0.325 e. The van der Waals surface area contributed by atoms with Gasteiger partial charge in [0.15, 0.2) is 5.82 Å². The summed E-state index contributed by atoms with van der Waals surface area (Å²) in [5, 5.41) is 14.3. The third-order valence-electron chi connectivity index (χ3n) is 3.87. The van der Waals surface area contributed by atoms with Gasteiger partial charge in [0.1, 0.15) is 5.82 Å². The molecule has 1 aliphatic heterocycles. The summed E-state index contributed by atoms with van der Waals surface area (Å²) >= 11 is 0. The second-order valence-corrected chi connectivity index (χ2v) is 5.56. The number of benzene rings is 1. The Kier molecular flexibility index (Phi) is 4.48. The van der Waals surface area contributed by atoms with Crippen molar-refractivity contribution in [2.45, 2.75) is 32.2 Å². The first-order valence-electron chi connectivity index (χ1n) is 7.75. The van der Waals surface area contributed by atoms with Gasteiger partial charge < -0.3 is 15.2 Å². The van der Waals surface area contributed by atoms with Gasteiger partial charge in [-0.25, -0.2) is 0 Å². The Morgan fingerprint density at radius 2 is 2.00 bits per heavy atom. The summed E-state index contributed by atoms with van der Waals surface area (Å²) in [7, 11) is 1.75. The maximum absolute atomic E-state index is 11.6. The number of carbonyl (C=O) groups excluding carboxylic acids is 1. The number of anilines is 1. The van der Waals surface area contributed by atoms with Gasteiger partial charge in [-0.05, 0) is 44.2 Å². The molecule has 1 aromatic heterocycles. The number of nitrogens with zero attached hydrogens (tertiary/aromatic N) is 3. The van der Waals surface area contributed by atoms with Crippen LogP contribution in [0, 0.1) is 0 Å². The minimum absolute atomic E-state index is 0.0494. The molecular weight excluding hydrogens is 278 g/mol. The van der Waals surface area contributed by atoms with Crippen molar-refractivity contribution in [3.05, 3.63) is 30.1 Å².